The van der Waals surface area contributed by atoms with E-state index in [4.69, 9.17) is 4.42 Å². The van der Waals surface area contributed by atoms with Crippen LogP contribution in [0.4, 0.5) is 0 Å². The first-order valence-electron chi connectivity index (χ1n) is 7.89. The molecule has 1 aromatic heterocycles. The predicted octanol–water partition coefficient (Wildman–Crippen LogP) is 2.58. The van der Waals surface area contributed by atoms with Crippen LogP contribution in [0, 0.1) is 5.41 Å². The molecule has 0 radical (unpaired) electrons. The van der Waals surface area contributed by atoms with Gasteiger partial charge in [0.25, 0.3) is 0 Å². The maximum absolute atomic E-state index is 5.56. The number of nitrogens with zero attached hydrogens (tertiary/aromatic N) is 3. The largest absolute Gasteiger partial charge is 0.468 e. The SMILES string of the molecule is CN=C(NCC(c1ccco1)N(C)C)N1CC(C)(C)C1(C)C. The summed E-state index contributed by atoms with van der Waals surface area (Å²) in [4.78, 5) is 8.97. The number of hydrogen-bond donors (Lipinski definition) is 1. The maximum atomic E-state index is 5.56. The molecule has 1 aromatic rings. The molecule has 0 aliphatic carbocycles. The molecule has 0 spiro atoms. The number of likely N-dealkylation sites (tertiary alicyclic amines) is 1. The first kappa shape index (κ1) is 16.9. The van der Waals surface area contributed by atoms with Gasteiger partial charge in [-0.05, 0) is 40.1 Å². The molecule has 1 aliphatic heterocycles. The normalized spacial score (nSPS) is 21.6. The average molecular weight is 306 g/mol. The van der Waals surface area contributed by atoms with Crippen molar-refractivity contribution in [1.29, 1.82) is 0 Å². The molecule has 0 aromatic carbocycles. The summed E-state index contributed by atoms with van der Waals surface area (Å²) < 4.78 is 5.56. The van der Waals surface area contributed by atoms with Crippen LogP contribution in [0.2, 0.25) is 0 Å². The number of guanidine groups is 1. The highest BCUT2D eigenvalue weighted by atomic mass is 16.3. The third-order valence-electron chi connectivity index (χ3n) is 5.30. The Morgan fingerprint density at radius 1 is 1.41 bits per heavy atom. The first-order chi connectivity index (χ1) is 10.2. The zero-order chi connectivity index (χ0) is 16.5. The fraction of sp³-hybridized carbons (Fsp3) is 0.706. The highest BCUT2D eigenvalue weighted by molar-refractivity contribution is 5.82. The molecule has 0 saturated carbocycles. The van der Waals surface area contributed by atoms with Crippen molar-refractivity contribution in [3.63, 3.8) is 0 Å². The van der Waals surface area contributed by atoms with Crippen molar-refractivity contribution in [3.8, 4) is 0 Å². The van der Waals surface area contributed by atoms with Gasteiger partial charge in [0.1, 0.15) is 5.76 Å². The summed E-state index contributed by atoms with van der Waals surface area (Å²) in [6.45, 7) is 11.0. The van der Waals surface area contributed by atoms with E-state index in [1.54, 1.807) is 6.26 Å². The summed E-state index contributed by atoms with van der Waals surface area (Å²) in [5.74, 6) is 1.93. The third kappa shape index (κ3) is 2.86. The van der Waals surface area contributed by atoms with Gasteiger partial charge in [0.15, 0.2) is 5.96 Å². The van der Waals surface area contributed by atoms with Crippen LogP contribution >= 0.6 is 0 Å². The molecule has 1 aliphatic rings. The van der Waals surface area contributed by atoms with Crippen LogP contribution in [0.1, 0.15) is 39.5 Å². The summed E-state index contributed by atoms with van der Waals surface area (Å²) in [6.07, 6.45) is 1.72. The summed E-state index contributed by atoms with van der Waals surface area (Å²) in [7, 11) is 5.98. The fourth-order valence-corrected chi connectivity index (χ4v) is 2.90. The van der Waals surface area contributed by atoms with E-state index in [2.05, 4.69) is 61.9 Å². The van der Waals surface area contributed by atoms with Crippen molar-refractivity contribution in [2.75, 3.05) is 34.2 Å². The van der Waals surface area contributed by atoms with Crippen molar-refractivity contribution in [1.82, 2.24) is 15.1 Å². The van der Waals surface area contributed by atoms with E-state index in [0.717, 1.165) is 24.8 Å². The summed E-state index contributed by atoms with van der Waals surface area (Å²) in [6, 6.07) is 4.14. The Labute approximate surface area is 134 Å². The van der Waals surface area contributed by atoms with Gasteiger partial charge < -0.3 is 14.6 Å². The van der Waals surface area contributed by atoms with Gasteiger partial charge in [-0.3, -0.25) is 9.89 Å². The molecule has 1 atom stereocenters. The van der Waals surface area contributed by atoms with Gasteiger partial charge in [-0.2, -0.15) is 0 Å². The zero-order valence-electron chi connectivity index (χ0n) is 15.0. The second kappa shape index (κ2) is 5.95. The number of likely N-dealkylation sites (N-methyl/N-ethyl adjacent to an activating group) is 1. The van der Waals surface area contributed by atoms with Gasteiger partial charge in [0.05, 0.1) is 12.3 Å². The van der Waals surface area contributed by atoms with Gasteiger partial charge in [0, 0.05) is 31.1 Å². The lowest BCUT2D eigenvalue weighted by molar-refractivity contribution is -0.0668. The lowest BCUT2D eigenvalue weighted by atomic mass is 9.65. The summed E-state index contributed by atoms with van der Waals surface area (Å²) in [5.41, 5.74) is 0.402. The highest BCUT2D eigenvalue weighted by Gasteiger charge is 2.53. The smallest absolute Gasteiger partial charge is 0.194 e. The number of aliphatic imine (C=N–C) groups is 1. The molecule has 124 valence electrons. The molecular weight excluding hydrogens is 276 g/mol. The molecule has 5 heteroatoms. The minimum atomic E-state index is 0.104. The van der Waals surface area contributed by atoms with Crippen molar-refractivity contribution in [2.24, 2.45) is 10.4 Å². The zero-order valence-corrected chi connectivity index (χ0v) is 15.0. The van der Waals surface area contributed by atoms with E-state index in [0.29, 0.717) is 5.41 Å². The van der Waals surface area contributed by atoms with Crippen LogP contribution in [-0.2, 0) is 0 Å². The lowest BCUT2D eigenvalue weighted by Gasteiger charge is -2.62. The van der Waals surface area contributed by atoms with E-state index in [-0.39, 0.29) is 11.6 Å². The third-order valence-corrected chi connectivity index (χ3v) is 5.30. The van der Waals surface area contributed by atoms with Crippen LogP contribution in [0.15, 0.2) is 27.8 Å². The Bertz CT molecular complexity index is 517. The molecule has 2 heterocycles. The second-order valence-electron chi connectivity index (χ2n) is 7.45. The average Bonchev–Trinajstić information content (AvgIpc) is 2.95. The van der Waals surface area contributed by atoms with Crippen molar-refractivity contribution in [2.45, 2.75) is 39.3 Å². The number of furan rings is 1. The quantitative estimate of drug-likeness (QED) is 0.686. The monoisotopic (exact) mass is 306 g/mol. The molecule has 0 amide bonds. The second-order valence-corrected chi connectivity index (χ2v) is 7.45. The van der Waals surface area contributed by atoms with Gasteiger partial charge in [0.2, 0.25) is 0 Å². The van der Waals surface area contributed by atoms with Crippen molar-refractivity contribution >= 4 is 5.96 Å². The van der Waals surface area contributed by atoms with Crippen molar-refractivity contribution < 1.29 is 4.42 Å². The minimum absolute atomic E-state index is 0.104. The molecule has 2 rings (SSSR count). The van der Waals surface area contributed by atoms with Gasteiger partial charge in [-0.15, -0.1) is 0 Å². The molecule has 22 heavy (non-hydrogen) atoms. The van der Waals surface area contributed by atoms with Crippen LogP contribution in [0.25, 0.3) is 0 Å². The Hall–Kier alpha value is -1.49. The maximum Gasteiger partial charge on any atom is 0.194 e. The summed E-state index contributed by atoms with van der Waals surface area (Å²) >= 11 is 0. The van der Waals surface area contributed by atoms with E-state index >= 15 is 0 Å². The van der Waals surface area contributed by atoms with Crippen molar-refractivity contribution in [3.05, 3.63) is 24.2 Å². The number of nitrogens with one attached hydrogen (secondary N) is 1. The minimum Gasteiger partial charge on any atom is -0.468 e. The predicted molar refractivity (Wildman–Crippen MR) is 91.1 cm³/mol. The molecule has 1 fully saturated rings. The summed E-state index contributed by atoms with van der Waals surface area (Å²) in [5, 5.41) is 3.51. The molecule has 1 N–H and O–H groups in total. The van der Waals surface area contributed by atoms with E-state index in [9.17, 15) is 0 Å². The standard InChI is InChI=1S/C17H30N4O/c1-16(2)12-21(17(16,3)4)15(18-5)19-11-13(20(6)7)14-9-8-10-22-14/h8-10,13H,11-12H2,1-7H3,(H,18,19). The number of hydrogen-bond acceptors (Lipinski definition) is 3. The van der Waals surface area contributed by atoms with Gasteiger partial charge in [-0.25, -0.2) is 0 Å². The van der Waals surface area contributed by atoms with Gasteiger partial charge >= 0.3 is 0 Å². The Morgan fingerprint density at radius 3 is 2.50 bits per heavy atom. The van der Waals surface area contributed by atoms with Crippen LogP contribution < -0.4 is 5.32 Å². The van der Waals surface area contributed by atoms with E-state index < -0.39 is 0 Å². The Morgan fingerprint density at radius 2 is 2.09 bits per heavy atom. The lowest BCUT2D eigenvalue weighted by Crippen LogP contribution is -2.72. The number of rotatable bonds is 4. The Balaban J connectivity index is 2.03. The van der Waals surface area contributed by atoms with Crippen LogP contribution in [0.5, 0.6) is 0 Å². The van der Waals surface area contributed by atoms with E-state index in [1.807, 2.05) is 19.2 Å². The molecular formula is C17H30N4O. The Kier molecular flexibility index (Phi) is 4.57. The van der Waals surface area contributed by atoms with E-state index in [1.165, 1.54) is 0 Å². The highest BCUT2D eigenvalue weighted by Crippen LogP contribution is 2.46. The van der Waals surface area contributed by atoms with Crippen LogP contribution in [-0.4, -0.2) is 55.5 Å². The first-order valence-corrected chi connectivity index (χ1v) is 7.89. The molecule has 5 nitrogen and oxygen atoms in total. The molecule has 0 bridgehead atoms. The van der Waals surface area contributed by atoms with Crippen LogP contribution in [0.3, 0.4) is 0 Å². The molecule has 1 saturated heterocycles. The molecule has 1 unspecified atom stereocenters. The fourth-order valence-electron chi connectivity index (χ4n) is 2.90. The van der Waals surface area contributed by atoms with Gasteiger partial charge in [-0.1, -0.05) is 13.8 Å². The topological polar surface area (TPSA) is 44.0 Å².